The van der Waals surface area contributed by atoms with Crippen LogP contribution in [-0.2, 0) is 23.2 Å². The number of aliphatic hydroxyl groups is 1. The van der Waals surface area contributed by atoms with E-state index in [0.717, 1.165) is 49.4 Å². The van der Waals surface area contributed by atoms with Crippen molar-refractivity contribution in [3.8, 4) is 0 Å². The zero-order valence-electron chi connectivity index (χ0n) is 15.8. The Hall–Kier alpha value is -1.44. The molecule has 2 aromatic rings. The Morgan fingerprint density at radius 2 is 2.04 bits per heavy atom. The molecule has 152 valence electrons. The smallest absolute Gasteiger partial charge is 0.261 e. The minimum absolute atomic E-state index is 0. The Bertz CT molecular complexity index is 790. The van der Waals surface area contributed by atoms with Crippen molar-refractivity contribution in [1.82, 2.24) is 10.6 Å². The number of fused-ring (bicyclic) bond motifs is 2. The number of nitrogens with one attached hydrogen (secondary N) is 2. The summed E-state index contributed by atoms with van der Waals surface area (Å²) in [5, 5.41) is 16.1. The highest BCUT2D eigenvalue weighted by atomic mass is 35.5. The van der Waals surface area contributed by atoms with Crippen LogP contribution in [0.25, 0.3) is 0 Å². The van der Waals surface area contributed by atoms with E-state index < -0.39 is 0 Å². The highest BCUT2D eigenvalue weighted by Crippen LogP contribution is 2.43. The van der Waals surface area contributed by atoms with Gasteiger partial charge in [-0.1, -0.05) is 30.3 Å². The number of carbonyl (C=O) groups excluding carboxylic acids is 1. The molecule has 28 heavy (non-hydrogen) atoms. The highest BCUT2D eigenvalue weighted by Gasteiger charge is 2.40. The van der Waals surface area contributed by atoms with E-state index in [2.05, 4.69) is 10.6 Å². The third-order valence-corrected chi connectivity index (χ3v) is 6.72. The lowest BCUT2D eigenvalue weighted by atomic mass is 9.83. The second-order valence-corrected chi connectivity index (χ2v) is 8.47. The number of aliphatic hydroxyl groups excluding tert-OH is 1. The molecule has 2 aliphatic heterocycles. The second kappa shape index (κ2) is 9.37. The van der Waals surface area contributed by atoms with E-state index >= 15 is 0 Å². The number of piperidine rings is 1. The predicted molar refractivity (Wildman–Crippen MR) is 113 cm³/mol. The third-order valence-electron chi connectivity index (χ3n) is 5.52. The highest BCUT2D eigenvalue weighted by molar-refractivity contribution is 7.14. The van der Waals surface area contributed by atoms with Gasteiger partial charge in [-0.2, -0.15) is 0 Å². The summed E-state index contributed by atoms with van der Waals surface area (Å²) in [5.41, 5.74) is 2.08. The van der Waals surface area contributed by atoms with Crippen molar-refractivity contribution in [2.75, 3.05) is 26.3 Å². The summed E-state index contributed by atoms with van der Waals surface area (Å²) in [4.78, 5) is 14.8. The first-order chi connectivity index (χ1) is 13.2. The summed E-state index contributed by atoms with van der Waals surface area (Å²) in [6.45, 7) is 2.53. The molecule has 0 radical (unpaired) electrons. The number of hydrogen-bond donors (Lipinski definition) is 3. The number of hydrogen-bond acceptors (Lipinski definition) is 5. The summed E-state index contributed by atoms with van der Waals surface area (Å²) in [6, 6.07) is 11.7. The molecular weight excluding hydrogens is 396 g/mol. The largest absolute Gasteiger partial charge is 0.394 e. The number of halogens is 1. The van der Waals surface area contributed by atoms with Crippen molar-refractivity contribution in [3.63, 3.8) is 0 Å². The van der Waals surface area contributed by atoms with E-state index in [0.29, 0.717) is 6.42 Å². The van der Waals surface area contributed by atoms with Crippen molar-refractivity contribution in [3.05, 3.63) is 57.3 Å². The molecule has 1 atom stereocenters. The van der Waals surface area contributed by atoms with Crippen molar-refractivity contribution in [1.29, 1.82) is 0 Å². The van der Waals surface area contributed by atoms with Gasteiger partial charge in [-0.15, -0.1) is 23.7 Å². The van der Waals surface area contributed by atoms with Crippen LogP contribution < -0.4 is 10.6 Å². The molecule has 1 spiro atoms. The van der Waals surface area contributed by atoms with Crippen LogP contribution in [0.4, 0.5) is 0 Å². The Kier molecular flexibility index (Phi) is 7.12. The number of benzene rings is 1. The Morgan fingerprint density at radius 3 is 2.75 bits per heavy atom. The maximum atomic E-state index is 12.8. The molecule has 0 aliphatic carbocycles. The molecule has 0 bridgehead atoms. The molecule has 3 N–H and O–H groups in total. The second-order valence-electron chi connectivity index (χ2n) is 7.33. The van der Waals surface area contributed by atoms with Crippen LogP contribution in [0.1, 0.15) is 38.5 Å². The van der Waals surface area contributed by atoms with Crippen LogP contribution in [-0.4, -0.2) is 43.4 Å². The Morgan fingerprint density at radius 1 is 1.29 bits per heavy atom. The first-order valence-electron chi connectivity index (χ1n) is 9.64. The Labute approximate surface area is 175 Å². The number of rotatable bonds is 5. The minimum atomic E-state index is -0.289. The molecule has 1 aromatic carbocycles. The topological polar surface area (TPSA) is 70.6 Å². The third kappa shape index (κ3) is 4.42. The molecule has 2 aliphatic rings. The standard InChI is InChI=1S/C21H26N2O3S.ClH/c24-14-16(12-15-4-2-1-3-5-15)23-20(25)19-13-17-18(27-19)6-11-26-21(17)7-9-22-10-8-21;/h1-5,13,16,22,24H,6-12,14H2,(H,23,25);1H/t16-;/m0./s1. The lowest BCUT2D eigenvalue weighted by molar-refractivity contribution is -0.0792. The van der Waals surface area contributed by atoms with Crippen LogP contribution in [0.5, 0.6) is 0 Å². The van der Waals surface area contributed by atoms with Gasteiger partial charge in [0, 0.05) is 11.3 Å². The fourth-order valence-electron chi connectivity index (χ4n) is 4.09. The zero-order chi connectivity index (χ0) is 18.7. The maximum absolute atomic E-state index is 12.8. The van der Waals surface area contributed by atoms with Crippen LogP contribution in [0.15, 0.2) is 36.4 Å². The molecule has 1 amide bonds. The number of carbonyl (C=O) groups is 1. The summed E-state index contributed by atoms with van der Waals surface area (Å²) < 4.78 is 6.20. The SMILES string of the molecule is Cl.O=C(N[C@H](CO)Cc1ccccc1)c1cc2c(s1)CCOC21CCNCC1. The molecule has 4 rings (SSSR count). The average Bonchev–Trinajstić information content (AvgIpc) is 3.15. The van der Waals surface area contributed by atoms with Crippen molar-refractivity contribution >= 4 is 29.7 Å². The van der Waals surface area contributed by atoms with Gasteiger partial charge in [-0.05, 0) is 49.5 Å². The number of ether oxygens (including phenoxy) is 1. The average molecular weight is 423 g/mol. The monoisotopic (exact) mass is 422 g/mol. The number of amides is 1. The first kappa shape index (κ1) is 21.3. The summed E-state index contributed by atoms with van der Waals surface area (Å²) >= 11 is 1.58. The van der Waals surface area contributed by atoms with Gasteiger partial charge in [0.25, 0.3) is 5.91 Å². The van der Waals surface area contributed by atoms with Crippen molar-refractivity contribution in [2.24, 2.45) is 0 Å². The van der Waals surface area contributed by atoms with E-state index in [1.54, 1.807) is 11.3 Å². The van der Waals surface area contributed by atoms with E-state index in [4.69, 9.17) is 4.74 Å². The van der Waals surface area contributed by atoms with Gasteiger partial charge in [-0.3, -0.25) is 4.79 Å². The lowest BCUT2D eigenvalue weighted by Gasteiger charge is -2.40. The molecule has 5 nitrogen and oxygen atoms in total. The Balaban J connectivity index is 0.00000225. The van der Waals surface area contributed by atoms with Crippen molar-refractivity contribution < 1.29 is 14.6 Å². The van der Waals surface area contributed by atoms with Gasteiger partial charge in [-0.25, -0.2) is 0 Å². The maximum Gasteiger partial charge on any atom is 0.261 e. The molecule has 1 saturated heterocycles. The van der Waals surface area contributed by atoms with Crippen LogP contribution in [0, 0.1) is 0 Å². The molecular formula is C21H27ClN2O3S. The van der Waals surface area contributed by atoms with E-state index in [1.165, 1.54) is 10.4 Å². The molecule has 1 fully saturated rings. The van der Waals surface area contributed by atoms with Gasteiger partial charge in [0.2, 0.25) is 0 Å². The van der Waals surface area contributed by atoms with Crippen LogP contribution in [0.3, 0.4) is 0 Å². The molecule has 3 heterocycles. The van der Waals surface area contributed by atoms with Crippen LogP contribution in [0.2, 0.25) is 0 Å². The normalized spacial score (nSPS) is 18.8. The van der Waals surface area contributed by atoms with E-state index in [9.17, 15) is 9.90 Å². The van der Waals surface area contributed by atoms with E-state index in [-0.39, 0.29) is 36.6 Å². The van der Waals surface area contributed by atoms with Crippen molar-refractivity contribution in [2.45, 2.75) is 37.3 Å². The predicted octanol–water partition coefficient (Wildman–Crippen LogP) is 2.65. The summed E-state index contributed by atoms with van der Waals surface area (Å²) in [7, 11) is 0. The van der Waals surface area contributed by atoms with Gasteiger partial charge in [0.1, 0.15) is 0 Å². The quantitative estimate of drug-likeness (QED) is 0.692. The van der Waals surface area contributed by atoms with Gasteiger partial charge in [0.05, 0.1) is 29.7 Å². The van der Waals surface area contributed by atoms with Gasteiger partial charge < -0.3 is 20.5 Å². The first-order valence-corrected chi connectivity index (χ1v) is 10.5. The van der Waals surface area contributed by atoms with Gasteiger partial charge in [0.15, 0.2) is 0 Å². The van der Waals surface area contributed by atoms with Gasteiger partial charge >= 0.3 is 0 Å². The van der Waals surface area contributed by atoms with E-state index in [1.807, 2.05) is 36.4 Å². The summed E-state index contributed by atoms with van der Waals surface area (Å²) in [5.74, 6) is -0.103. The fraction of sp³-hybridized carbons (Fsp3) is 0.476. The molecule has 7 heteroatoms. The summed E-state index contributed by atoms with van der Waals surface area (Å²) in [6.07, 6.45) is 3.39. The minimum Gasteiger partial charge on any atom is -0.394 e. The fourth-order valence-corrected chi connectivity index (χ4v) is 5.22. The number of thiophene rings is 1. The molecule has 0 unspecified atom stereocenters. The molecule has 1 aromatic heterocycles. The van der Waals surface area contributed by atoms with Crippen LogP contribution >= 0.6 is 23.7 Å². The zero-order valence-corrected chi connectivity index (χ0v) is 17.4. The lowest BCUT2D eigenvalue weighted by Crippen LogP contribution is -2.44. The molecule has 0 saturated carbocycles.